The molecule has 0 aliphatic carbocycles. The van der Waals surface area contributed by atoms with Crippen molar-refractivity contribution in [3.8, 4) is 0 Å². The van der Waals surface area contributed by atoms with Crippen molar-refractivity contribution in [1.82, 2.24) is 5.32 Å². The molecule has 0 saturated carbocycles. The summed E-state index contributed by atoms with van der Waals surface area (Å²) in [6.45, 7) is 1.67. The van der Waals surface area contributed by atoms with Crippen molar-refractivity contribution in [2.75, 3.05) is 11.4 Å². The standard InChI is InChI=1S/C13H14F2N2O2S/c1-2-8-12(19)16-7-11(18)17(8)9-5-3-4-6-10(9)20-13(14)15/h3-6,8,13H,2,7H2,1H3,(H,16,19). The monoisotopic (exact) mass is 300 g/mol. The van der Waals surface area contributed by atoms with Crippen molar-refractivity contribution in [3.63, 3.8) is 0 Å². The van der Waals surface area contributed by atoms with Crippen LogP contribution in [0.1, 0.15) is 13.3 Å². The third-order valence-corrected chi connectivity index (χ3v) is 3.80. The average Bonchev–Trinajstić information content (AvgIpc) is 2.41. The van der Waals surface area contributed by atoms with Crippen molar-refractivity contribution < 1.29 is 18.4 Å². The van der Waals surface area contributed by atoms with Gasteiger partial charge in [-0.2, -0.15) is 8.78 Å². The fraction of sp³-hybridized carbons (Fsp3) is 0.385. The lowest BCUT2D eigenvalue weighted by molar-refractivity contribution is -0.131. The number of amides is 2. The van der Waals surface area contributed by atoms with Gasteiger partial charge in [-0.05, 0) is 18.6 Å². The molecule has 2 amide bonds. The van der Waals surface area contributed by atoms with Crippen LogP contribution in [0, 0.1) is 0 Å². The lowest BCUT2D eigenvalue weighted by Crippen LogP contribution is -2.58. The first kappa shape index (κ1) is 14.8. The van der Waals surface area contributed by atoms with E-state index in [0.29, 0.717) is 28.8 Å². The molecule has 0 bridgehead atoms. The van der Waals surface area contributed by atoms with Crippen LogP contribution in [0.4, 0.5) is 14.5 Å². The molecule has 4 nitrogen and oxygen atoms in total. The minimum absolute atomic E-state index is 0.108. The quantitative estimate of drug-likeness (QED) is 0.868. The zero-order valence-corrected chi connectivity index (χ0v) is 11.6. The summed E-state index contributed by atoms with van der Waals surface area (Å²) in [5.41, 5.74) is 0.365. The lowest BCUT2D eigenvalue weighted by Gasteiger charge is -2.35. The number of thioether (sulfide) groups is 1. The molecule has 0 radical (unpaired) electrons. The number of nitrogens with zero attached hydrogens (tertiary/aromatic N) is 1. The molecule has 1 aromatic rings. The number of hydrogen-bond donors (Lipinski definition) is 1. The highest BCUT2D eigenvalue weighted by molar-refractivity contribution is 7.99. The molecule has 1 fully saturated rings. The van der Waals surface area contributed by atoms with Crippen LogP contribution in [0.15, 0.2) is 29.2 Å². The Kier molecular flexibility index (Phi) is 4.59. The van der Waals surface area contributed by atoms with Crippen molar-refractivity contribution >= 4 is 29.3 Å². The number of carbonyl (C=O) groups excluding carboxylic acids is 2. The fourth-order valence-corrected chi connectivity index (χ4v) is 2.82. The molecule has 108 valence electrons. The Balaban J connectivity index is 2.41. The number of para-hydroxylation sites is 1. The molecular weight excluding hydrogens is 286 g/mol. The van der Waals surface area contributed by atoms with E-state index in [1.807, 2.05) is 0 Å². The van der Waals surface area contributed by atoms with Gasteiger partial charge < -0.3 is 5.32 Å². The molecule has 0 spiro atoms. The smallest absolute Gasteiger partial charge is 0.288 e. The maximum Gasteiger partial charge on any atom is 0.288 e. The Hall–Kier alpha value is -1.63. The Morgan fingerprint density at radius 3 is 2.75 bits per heavy atom. The van der Waals surface area contributed by atoms with Crippen molar-refractivity contribution in [1.29, 1.82) is 0 Å². The lowest BCUT2D eigenvalue weighted by atomic mass is 10.1. The molecule has 0 aromatic heterocycles. The van der Waals surface area contributed by atoms with Crippen LogP contribution in [-0.4, -0.2) is 30.2 Å². The number of nitrogens with one attached hydrogen (secondary N) is 1. The summed E-state index contributed by atoms with van der Waals surface area (Å²) in [6, 6.07) is 5.75. The number of rotatable bonds is 4. The van der Waals surface area contributed by atoms with Gasteiger partial charge in [-0.1, -0.05) is 30.8 Å². The maximum atomic E-state index is 12.6. The number of anilines is 1. The van der Waals surface area contributed by atoms with Crippen molar-refractivity contribution in [2.45, 2.75) is 30.0 Å². The van der Waals surface area contributed by atoms with Crippen LogP contribution < -0.4 is 10.2 Å². The molecule has 7 heteroatoms. The number of carbonyl (C=O) groups is 2. The molecule has 1 aliphatic heterocycles. The first-order chi connectivity index (χ1) is 9.54. The second kappa shape index (κ2) is 6.21. The predicted octanol–water partition coefficient (Wildman–Crippen LogP) is 2.24. The summed E-state index contributed by atoms with van der Waals surface area (Å²) in [4.78, 5) is 25.5. The van der Waals surface area contributed by atoms with Crippen LogP contribution in [0.5, 0.6) is 0 Å². The zero-order chi connectivity index (χ0) is 14.7. The minimum atomic E-state index is -2.58. The molecule has 20 heavy (non-hydrogen) atoms. The fourth-order valence-electron chi connectivity index (χ4n) is 2.18. The summed E-state index contributed by atoms with van der Waals surface area (Å²) in [5, 5.41) is 2.51. The van der Waals surface area contributed by atoms with E-state index in [1.165, 1.54) is 11.0 Å². The van der Waals surface area contributed by atoms with Crippen LogP contribution in [0.25, 0.3) is 0 Å². The number of benzene rings is 1. The number of hydrogen-bond acceptors (Lipinski definition) is 3. The maximum absolute atomic E-state index is 12.6. The summed E-state index contributed by atoms with van der Waals surface area (Å²) in [5.74, 6) is -3.13. The molecular formula is C13H14F2N2O2S. The molecule has 1 atom stereocenters. The first-order valence-corrected chi connectivity index (χ1v) is 7.06. The van der Waals surface area contributed by atoms with Gasteiger partial charge in [0.2, 0.25) is 11.8 Å². The Labute approximate surface area is 119 Å². The highest BCUT2D eigenvalue weighted by Gasteiger charge is 2.35. The largest absolute Gasteiger partial charge is 0.345 e. The third-order valence-electron chi connectivity index (χ3n) is 3.02. The highest BCUT2D eigenvalue weighted by atomic mass is 32.2. The highest BCUT2D eigenvalue weighted by Crippen LogP contribution is 2.35. The third kappa shape index (κ3) is 2.92. The van der Waals surface area contributed by atoms with Gasteiger partial charge in [0.1, 0.15) is 6.04 Å². The first-order valence-electron chi connectivity index (χ1n) is 6.18. The topological polar surface area (TPSA) is 49.4 Å². The van der Waals surface area contributed by atoms with Gasteiger partial charge in [0.05, 0.1) is 12.2 Å². The Bertz CT molecular complexity index is 525. The van der Waals surface area contributed by atoms with Gasteiger partial charge in [-0.15, -0.1) is 0 Å². The number of halogens is 2. The van der Waals surface area contributed by atoms with Crippen LogP contribution in [0.2, 0.25) is 0 Å². The van der Waals surface area contributed by atoms with Gasteiger partial charge >= 0.3 is 0 Å². The van der Waals surface area contributed by atoms with Gasteiger partial charge in [-0.25, -0.2) is 0 Å². The minimum Gasteiger partial charge on any atom is -0.345 e. The van der Waals surface area contributed by atoms with E-state index in [1.54, 1.807) is 25.1 Å². The summed E-state index contributed by atoms with van der Waals surface area (Å²) >= 11 is 0.376. The molecule has 1 saturated heterocycles. The SMILES string of the molecule is CCC1C(=O)NCC(=O)N1c1ccccc1SC(F)F. The molecule has 2 rings (SSSR count). The predicted molar refractivity (Wildman–Crippen MR) is 72.9 cm³/mol. The summed E-state index contributed by atoms with van der Waals surface area (Å²) in [7, 11) is 0. The summed E-state index contributed by atoms with van der Waals surface area (Å²) < 4.78 is 25.2. The zero-order valence-electron chi connectivity index (χ0n) is 10.8. The van der Waals surface area contributed by atoms with E-state index in [0.717, 1.165) is 0 Å². The Morgan fingerprint density at radius 1 is 1.40 bits per heavy atom. The normalized spacial score (nSPS) is 19.4. The van der Waals surface area contributed by atoms with E-state index in [4.69, 9.17) is 0 Å². The average molecular weight is 300 g/mol. The van der Waals surface area contributed by atoms with Gasteiger partial charge in [0, 0.05) is 4.90 Å². The van der Waals surface area contributed by atoms with E-state index in [9.17, 15) is 18.4 Å². The van der Waals surface area contributed by atoms with Crippen LogP contribution in [-0.2, 0) is 9.59 Å². The molecule has 1 aliphatic rings. The Morgan fingerprint density at radius 2 is 2.10 bits per heavy atom. The summed E-state index contributed by atoms with van der Waals surface area (Å²) in [6.07, 6.45) is 0.422. The van der Waals surface area contributed by atoms with Gasteiger partial charge in [0.25, 0.3) is 5.76 Å². The van der Waals surface area contributed by atoms with E-state index >= 15 is 0 Å². The van der Waals surface area contributed by atoms with Crippen molar-refractivity contribution in [2.24, 2.45) is 0 Å². The van der Waals surface area contributed by atoms with E-state index in [-0.39, 0.29) is 18.4 Å². The van der Waals surface area contributed by atoms with Gasteiger partial charge in [-0.3, -0.25) is 14.5 Å². The van der Waals surface area contributed by atoms with Crippen LogP contribution >= 0.6 is 11.8 Å². The second-order valence-electron chi connectivity index (χ2n) is 4.25. The molecule has 1 unspecified atom stereocenters. The van der Waals surface area contributed by atoms with Crippen LogP contribution in [0.3, 0.4) is 0 Å². The second-order valence-corrected chi connectivity index (χ2v) is 5.28. The van der Waals surface area contributed by atoms with Gasteiger partial charge in [0.15, 0.2) is 0 Å². The van der Waals surface area contributed by atoms with E-state index < -0.39 is 11.8 Å². The number of alkyl halides is 2. The van der Waals surface area contributed by atoms with E-state index in [2.05, 4.69) is 5.32 Å². The molecule has 1 N–H and O–H groups in total. The molecule has 1 heterocycles. The number of piperazine rings is 1. The van der Waals surface area contributed by atoms with Crippen molar-refractivity contribution in [3.05, 3.63) is 24.3 Å². The molecule has 1 aromatic carbocycles.